The molecule has 4 heteroatoms. The van der Waals surface area contributed by atoms with Gasteiger partial charge in [0.05, 0.1) is 5.71 Å². The Labute approximate surface area is 113 Å². The van der Waals surface area contributed by atoms with Gasteiger partial charge in [0.2, 0.25) is 5.60 Å². The number of aliphatic hydroxyl groups excluding tert-OH is 1. The van der Waals surface area contributed by atoms with Crippen LogP contribution in [0, 0.1) is 13.8 Å². The molecule has 0 saturated carbocycles. The SMILES string of the molecule is CC(=O)C1(CCO)CC(c2ccc(C)c(C)c2)=NO1. The second kappa shape index (κ2) is 5.13. The van der Waals surface area contributed by atoms with Crippen LogP contribution in [0.1, 0.15) is 36.5 Å². The zero-order chi connectivity index (χ0) is 14.0. The Bertz CT molecular complexity index is 536. The van der Waals surface area contributed by atoms with E-state index < -0.39 is 5.60 Å². The average Bonchev–Trinajstić information content (AvgIpc) is 2.79. The van der Waals surface area contributed by atoms with Gasteiger partial charge in [-0.3, -0.25) is 4.79 Å². The van der Waals surface area contributed by atoms with Crippen LogP contribution in [0.2, 0.25) is 0 Å². The molecule has 0 saturated heterocycles. The van der Waals surface area contributed by atoms with Crippen LogP contribution < -0.4 is 0 Å². The Hall–Kier alpha value is -1.68. The molecule has 102 valence electrons. The number of nitrogens with zero attached hydrogens (tertiary/aromatic N) is 1. The number of carbonyl (C=O) groups excluding carboxylic acids is 1. The Balaban J connectivity index is 2.25. The van der Waals surface area contributed by atoms with E-state index in [-0.39, 0.29) is 18.8 Å². The molecule has 0 spiro atoms. The van der Waals surface area contributed by atoms with Gasteiger partial charge in [0.15, 0.2) is 5.78 Å². The minimum atomic E-state index is -0.983. The van der Waals surface area contributed by atoms with Crippen molar-refractivity contribution in [2.24, 2.45) is 5.16 Å². The summed E-state index contributed by atoms with van der Waals surface area (Å²) in [6, 6.07) is 6.07. The summed E-state index contributed by atoms with van der Waals surface area (Å²) < 4.78 is 0. The van der Waals surface area contributed by atoms with Crippen LogP contribution in [0.4, 0.5) is 0 Å². The average molecular weight is 261 g/mol. The first-order chi connectivity index (χ1) is 8.98. The molecule has 2 rings (SSSR count). The molecule has 0 radical (unpaired) electrons. The first kappa shape index (κ1) is 13.7. The van der Waals surface area contributed by atoms with E-state index in [0.29, 0.717) is 6.42 Å². The normalized spacial score (nSPS) is 22.0. The molecule has 0 aliphatic carbocycles. The fraction of sp³-hybridized carbons (Fsp3) is 0.467. The van der Waals surface area contributed by atoms with Crippen molar-refractivity contribution in [3.63, 3.8) is 0 Å². The van der Waals surface area contributed by atoms with Crippen molar-refractivity contribution in [2.75, 3.05) is 6.61 Å². The van der Waals surface area contributed by atoms with Gasteiger partial charge < -0.3 is 9.94 Å². The summed E-state index contributed by atoms with van der Waals surface area (Å²) in [6.07, 6.45) is 0.700. The molecule has 0 aromatic heterocycles. The van der Waals surface area contributed by atoms with Gasteiger partial charge in [0, 0.05) is 19.4 Å². The second-order valence-corrected chi connectivity index (χ2v) is 5.13. The highest BCUT2D eigenvalue weighted by Crippen LogP contribution is 2.31. The predicted octanol–water partition coefficient (Wildman–Crippen LogP) is 2.14. The molecule has 1 heterocycles. The van der Waals surface area contributed by atoms with Crippen LogP contribution in [0.25, 0.3) is 0 Å². The van der Waals surface area contributed by atoms with Gasteiger partial charge in [0.25, 0.3) is 0 Å². The number of aliphatic hydroxyl groups is 1. The van der Waals surface area contributed by atoms with E-state index in [0.717, 1.165) is 11.3 Å². The van der Waals surface area contributed by atoms with Crippen LogP contribution in [0.15, 0.2) is 23.4 Å². The molecule has 1 aromatic carbocycles. The Kier molecular flexibility index (Phi) is 3.71. The summed E-state index contributed by atoms with van der Waals surface area (Å²) in [4.78, 5) is 17.1. The van der Waals surface area contributed by atoms with E-state index in [1.54, 1.807) is 0 Å². The zero-order valence-corrected chi connectivity index (χ0v) is 11.6. The maximum absolute atomic E-state index is 11.7. The van der Waals surface area contributed by atoms with Crippen molar-refractivity contribution in [3.8, 4) is 0 Å². The molecule has 1 aliphatic heterocycles. The van der Waals surface area contributed by atoms with Crippen molar-refractivity contribution in [1.82, 2.24) is 0 Å². The first-order valence-corrected chi connectivity index (χ1v) is 6.43. The fourth-order valence-corrected chi connectivity index (χ4v) is 2.23. The lowest BCUT2D eigenvalue weighted by molar-refractivity contribution is -0.141. The number of Topliss-reactive ketones (excluding diaryl/α,β-unsaturated/α-hetero) is 1. The Morgan fingerprint density at radius 3 is 2.74 bits per heavy atom. The number of ketones is 1. The number of carbonyl (C=O) groups is 1. The molecule has 1 aliphatic rings. The third-order valence-electron chi connectivity index (χ3n) is 3.78. The monoisotopic (exact) mass is 261 g/mol. The van der Waals surface area contributed by atoms with E-state index in [9.17, 15) is 4.79 Å². The van der Waals surface area contributed by atoms with Crippen molar-refractivity contribution in [3.05, 3.63) is 34.9 Å². The summed E-state index contributed by atoms with van der Waals surface area (Å²) in [5, 5.41) is 13.1. The Morgan fingerprint density at radius 1 is 1.42 bits per heavy atom. The molecular formula is C15H19NO3. The van der Waals surface area contributed by atoms with E-state index in [1.165, 1.54) is 18.1 Å². The maximum Gasteiger partial charge on any atom is 0.202 e. The molecule has 1 unspecified atom stereocenters. The van der Waals surface area contributed by atoms with Crippen LogP contribution in [-0.4, -0.2) is 28.8 Å². The van der Waals surface area contributed by atoms with E-state index in [2.05, 4.69) is 12.1 Å². The highest BCUT2D eigenvalue weighted by atomic mass is 16.7. The number of benzene rings is 1. The van der Waals surface area contributed by atoms with E-state index >= 15 is 0 Å². The number of rotatable bonds is 4. The van der Waals surface area contributed by atoms with Gasteiger partial charge in [-0.05, 0) is 43.5 Å². The van der Waals surface area contributed by atoms with Crippen LogP contribution in [-0.2, 0) is 9.63 Å². The minimum absolute atomic E-state index is 0.0880. The first-order valence-electron chi connectivity index (χ1n) is 6.43. The molecule has 0 amide bonds. The summed E-state index contributed by atoms with van der Waals surface area (Å²) in [5.41, 5.74) is 3.16. The molecule has 1 aromatic rings. The highest BCUT2D eigenvalue weighted by Gasteiger charge is 2.43. The standard InChI is InChI=1S/C15H19NO3/c1-10-4-5-13(8-11(10)2)14-9-15(6-7-17,12(3)18)19-16-14/h4-5,8,17H,6-7,9H2,1-3H3. The summed E-state index contributed by atoms with van der Waals surface area (Å²) in [7, 11) is 0. The lowest BCUT2D eigenvalue weighted by Crippen LogP contribution is -2.38. The van der Waals surface area contributed by atoms with Crippen LogP contribution >= 0.6 is 0 Å². The predicted molar refractivity (Wildman–Crippen MR) is 73.3 cm³/mol. The summed E-state index contributed by atoms with van der Waals surface area (Å²) >= 11 is 0. The lowest BCUT2D eigenvalue weighted by atomic mass is 9.87. The number of aryl methyl sites for hydroxylation is 2. The smallest absolute Gasteiger partial charge is 0.202 e. The molecule has 4 nitrogen and oxygen atoms in total. The largest absolute Gasteiger partial charge is 0.396 e. The van der Waals surface area contributed by atoms with Crippen molar-refractivity contribution < 1.29 is 14.7 Å². The van der Waals surface area contributed by atoms with Crippen molar-refractivity contribution >= 4 is 11.5 Å². The Morgan fingerprint density at radius 2 is 2.16 bits per heavy atom. The van der Waals surface area contributed by atoms with Crippen molar-refractivity contribution in [2.45, 2.75) is 39.2 Å². The minimum Gasteiger partial charge on any atom is -0.396 e. The summed E-state index contributed by atoms with van der Waals surface area (Å²) in [6.45, 7) is 5.49. The van der Waals surface area contributed by atoms with Gasteiger partial charge in [0.1, 0.15) is 0 Å². The number of hydrogen-bond acceptors (Lipinski definition) is 4. The van der Waals surface area contributed by atoms with Gasteiger partial charge in [-0.15, -0.1) is 0 Å². The summed E-state index contributed by atoms with van der Waals surface area (Å²) in [5.74, 6) is -0.0934. The molecule has 0 bridgehead atoms. The van der Waals surface area contributed by atoms with E-state index in [1.807, 2.05) is 25.1 Å². The van der Waals surface area contributed by atoms with Crippen LogP contribution in [0.3, 0.4) is 0 Å². The fourth-order valence-electron chi connectivity index (χ4n) is 2.23. The second-order valence-electron chi connectivity index (χ2n) is 5.13. The van der Waals surface area contributed by atoms with E-state index in [4.69, 9.17) is 9.94 Å². The molecule has 19 heavy (non-hydrogen) atoms. The van der Waals surface area contributed by atoms with Gasteiger partial charge in [-0.25, -0.2) is 0 Å². The topological polar surface area (TPSA) is 58.9 Å². The van der Waals surface area contributed by atoms with Gasteiger partial charge >= 0.3 is 0 Å². The molecule has 1 N–H and O–H groups in total. The molecular weight excluding hydrogens is 242 g/mol. The zero-order valence-electron chi connectivity index (χ0n) is 11.6. The third-order valence-corrected chi connectivity index (χ3v) is 3.78. The molecule has 0 fully saturated rings. The van der Waals surface area contributed by atoms with Gasteiger partial charge in [-0.1, -0.05) is 17.3 Å². The number of hydrogen-bond donors (Lipinski definition) is 1. The highest BCUT2D eigenvalue weighted by molar-refractivity contribution is 6.05. The molecule has 1 atom stereocenters. The van der Waals surface area contributed by atoms with Gasteiger partial charge in [-0.2, -0.15) is 0 Å². The number of oxime groups is 1. The van der Waals surface area contributed by atoms with Crippen LogP contribution in [0.5, 0.6) is 0 Å². The van der Waals surface area contributed by atoms with Crippen molar-refractivity contribution in [1.29, 1.82) is 0 Å². The maximum atomic E-state index is 11.7. The quantitative estimate of drug-likeness (QED) is 0.903. The lowest BCUT2D eigenvalue weighted by Gasteiger charge is -2.22. The third kappa shape index (κ3) is 2.54.